The van der Waals surface area contributed by atoms with Crippen molar-refractivity contribution >= 4 is 0 Å². The van der Waals surface area contributed by atoms with Crippen molar-refractivity contribution in [2.45, 2.75) is 64.4 Å². The molecule has 0 N–H and O–H groups in total. The molecule has 29 heavy (non-hydrogen) atoms. The molecule has 1 aromatic carbocycles. The number of hydrogen-bond donors (Lipinski definition) is 0. The molecule has 1 saturated heterocycles. The van der Waals surface area contributed by atoms with E-state index in [4.69, 9.17) is 14.2 Å². The van der Waals surface area contributed by atoms with E-state index in [0.29, 0.717) is 12.5 Å². The van der Waals surface area contributed by atoms with E-state index in [1.54, 1.807) is 7.11 Å². The summed E-state index contributed by atoms with van der Waals surface area (Å²) in [5.74, 6) is 1.18. The fraction of sp³-hybridized carbons (Fsp3) is 0.542. The first-order chi connectivity index (χ1) is 14.1. The van der Waals surface area contributed by atoms with Gasteiger partial charge in [0.2, 0.25) is 11.7 Å². The fourth-order valence-electron chi connectivity index (χ4n) is 4.95. The predicted octanol–water partition coefficient (Wildman–Crippen LogP) is 4.63. The third kappa shape index (κ3) is 3.40. The molecule has 0 atom stereocenters. The molecule has 0 radical (unpaired) electrons. The molecule has 3 aliphatic rings. The maximum atomic E-state index is 6.44. The molecule has 2 aliphatic heterocycles. The molecular formula is C24H30N2O3. The first kappa shape index (κ1) is 18.9. The van der Waals surface area contributed by atoms with Gasteiger partial charge in [0.05, 0.1) is 13.7 Å². The number of hydrogen-bond acceptors (Lipinski definition) is 5. The maximum Gasteiger partial charge on any atom is 0.213 e. The van der Waals surface area contributed by atoms with Crippen LogP contribution in [0.2, 0.25) is 0 Å². The molecule has 3 heterocycles. The Morgan fingerprint density at radius 1 is 1.14 bits per heavy atom. The van der Waals surface area contributed by atoms with Gasteiger partial charge in [0.15, 0.2) is 0 Å². The molecule has 0 unspecified atom stereocenters. The van der Waals surface area contributed by atoms with Crippen molar-refractivity contribution in [2.75, 3.05) is 20.2 Å². The molecule has 1 aromatic heterocycles. The SMILES string of the molecule is COc1cc(C)c(-c2ccc3c(c2)COC2(CCN(C4CCC4)CC2)O3)c(C)n1. The fourth-order valence-corrected chi connectivity index (χ4v) is 4.95. The van der Waals surface area contributed by atoms with Gasteiger partial charge < -0.3 is 14.2 Å². The van der Waals surface area contributed by atoms with Crippen LogP contribution in [0.3, 0.4) is 0 Å². The quantitative estimate of drug-likeness (QED) is 0.760. The molecule has 1 aliphatic carbocycles. The van der Waals surface area contributed by atoms with Gasteiger partial charge in [-0.25, -0.2) is 4.98 Å². The highest BCUT2D eigenvalue weighted by atomic mass is 16.7. The van der Waals surface area contributed by atoms with Gasteiger partial charge in [0, 0.05) is 54.9 Å². The molecule has 2 fully saturated rings. The van der Waals surface area contributed by atoms with Crippen molar-refractivity contribution in [1.29, 1.82) is 0 Å². The van der Waals surface area contributed by atoms with E-state index >= 15 is 0 Å². The zero-order chi connectivity index (χ0) is 20.0. The number of pyridine rings is 1. The van der Waals surface area contributed by atoms with E-state index < -0.39 is 5.79 Å². The number of aryl methyl sites for hydroxylation is 2. The average molecular weight is 395 g/mol. The highest BCUT2D eigenvalue weighted by molar-refractivity contribution is 5.71. The molecule has 0 amide bonds. The maximum absolute atomic E-state index is 6.44. The lowest BCUT2D eigenvalue weighted by atomic mass is 9.89. The number of nitrogens with zero attached hydrogens (tertiary/aromatic N) is 2. The second-order valence-corrected chi connectivity index (χ2v) is 8.69. The zero-order valence-electron chi connectivity index (χ0n) is 17.7. The summed E-state index contributed by atoms with van der Waals surface area (Å²) in [5, 5.41) is 0. The Morgan fingerprint density at radius 3 is 2.59 bits per heavy atom. The first-order valence-corrected chi connectivity index (χ1v) is 10.8. The summed E-state index contributed by atoms with van der Waals surface area (Å²) in [5.41, 5.74) is 5.55. The number of aromatic nitrogens is 1. The van der Waals surface area contributed by atoms with Crippen LogP contribution < -0.4 is 9.47 Å². The van der Waals surface area contributed by atoms with Crippen LogP contribution >= 0.6 is 0 Å². The Morgan fingerprint density at radius 2 is 1.93 bits per heavy atom. The molecule has 5 rings (SSSR count). The van der Waals surface area contributed by atoms with Crippen LogP contribution in [-0.2, 0) is 11.3 Å². The summed E-state index contributed by atoms with van der Waals surface area (Å²) in [6.07, 6.45) is 6.01. The lowest BCUT2D eigenvalue weighted by molar-refractivity contribution is -0.231. The highest BCUT2D eigenvalue weighted by Gasteiger charge is 2.42. The van der Waals surface area contributed by atoms with E-state index in [9.17, 15) is 0 Å². The first-order valence-electron chi connectivity index (χ1n) is 10.8. The predicted molar refractivity (Wildman–Crippen MR) is 112 cm³/mol. The van der Waals surface area contributed by atoms with E-state index in [1.165, 1.54) is 19.3 Å². The van der Waals surface area contributed by atoms with E-state index in [2.05, 4.69) is 35.0 Å². The minimum absolute atomic E-state index is 0.442. The van der Waals surface area contributed by atoms with Crippen LogP contribution in [0.5, 0.6) is 11.6 Å². The molecule has 5 heteroatoms. The molecule has 5 nitrogen and oxygen atoms in total. The lowest BCUT2D eigenvalue weighted by Gasteiger charge is -2.47. The van der Waals surface area contributed by atoms with Gasteiger partial charge in [-0.2, -0.15) is 0 Å². The van der Waals surface area contributed by atoms with Gasteiger partial charge in [0.1, 0.15) is 5.75 Å². The second-order valence-electron chi connectivity index (χ2n) is 8.69. The summed E-state index contributed by atoms with van der Waals surface area (Å²) >= 11 is 0. The highest BCUT2D eigenvalue weighted by Crippen LogP contribution is 2.41. The van der Waals surface area contributed by atoms with Gasteiger partial charge in [-0.3, -0.25) is 4.90 Å². The van der Waals surface area contributed by atoms with Gasteiger partial charge in [-0.15, -0.1) is 0 Å². The largest absolute Gasteiger partial charge is 0.481 e. The molecule has 2 aromatic rings. The summed E-state index contributed by atoms with van der Waals surface area (Å²) in [7, 11) is 1.65. The van der Waals surface area contributed by atoms with E-state index in [0.717, 1.165) is 65.7 Å². The Kier molecular flexibility index (Phi) is 4.75. The average Bonchev–Trinajstić information content (AvgIpc) is 2.68. The third-order valence-corrected chi connectivity index (χ3v) is 6.87. The minimum Gasteiger partial charge on any atom is -0.481 e. The number of piperidine rings is 1. The molecule has 154 valence electrons. The van der Waals surface area contributed by atoms with Gasteiger partial charge >= 0.3 is 0 Å². The Labute approximate surface area is 173 Å². The zero-order valence-corrected chi connectivity index (χ0v) is 17.7. The van der Waals surface area contributed by atoms with E-state index in [-0.39, 0.29) is 0 Å². The van der Waals surface area contributed by atoms with Crippen molar-refractivity contribution in [3.63, 3.8) is 0 Å². The number of fused-ring (bicyclic) bond motifs is 1. The van der Waals surface area contributed by atoms with Gasteiger partial charge in [-0.1, -0.05) is 12.5 Å². The summed E-state index contributed by atoms with van der Waals surface area (Å²) in [6.45, 7) is 6.89. The minimum atomic E-state index is -0.442. The topological polar surface area (TPSA) is 43.8 Å². The second kappa shape index (κ2) is 7.29. The number of rotatable bonds is 3. The molecule has 0 bridgehead atoms. The van der Waals surface area contributed by atoms with Crippen LogP contribution in [0.4, 0.5) is 0 Å². The number of benzene rings is 1. The normalized spacial score (nSPS) is 21.3. The molecule has 1 spiro atoms. The van der Waals surface area contributed by atoms with Crippen molar-refractivity contribution in [3.8, 4) is 22.8 Å². The third-order valence-electron chi connectivity index (χ3n) is 6.87. The summed E-state index contributed by atoms with van der Waals surface area (Å²) in [4.78, 5) is 7.18. The summed E-state index contributed by atoms with van der Waals surface area (Å²) < 4.78 is 18.1. The van der Waals surface area contributed by atoms with Crippen LogP contribution in [-0.4, -0.2) is 41.9 Å². The monoisotopic (exact) mass is 394 g/mol. The Hall–Kier alpha value is -2.11. The Bertz CT molecular complexity index is 891. The van der Waals surface area contributed by atoms with Crippen molar-refractivity contribution in [3.05, 3.63) is 41.1 Å². The summed E-state index contributed by atoms with van der Waals surface area (Å²) in [6, 6.07) is 9.23. The van der Waals surface area contributed by atoms with Crippen LogP contribution in [0.25, 0.3) is 11.1 Å². The molecular weight excluding hydrogens is 364 g/mol. The van der Waals surface area contributed by atoms with Crippen LogP contribution in [0, 0.1) is 13.8 Å². The van der Waals surface area contributed by atoms with Gasteiger partial charge in [0.25, 0.3) is 0 Å². The number of likely N-dealkylation sites (tertiary alicyclic amines) is 1. The van der Waals surface area contributed by atoms with Gasteiger partial charge in [-0.05, 0) is 49.9 Å². The van der Waals surface area contributed by atoms with Crippen LogP contribution in [0.15, 0.2) is 24.3 Å². The lowest BCUT2D eigenvalue weighted by Crippen LogP contribution is -2.54. The van der Waals surface area contributed by atoms with Crippen LogP contribution in [0.1, 0.15) is 48.9 Å². The number of methoxy groups -OCH3 is 1. The van der Waals surface area contributed by atoms with E-state index in [1.807, 2.05) is 13.0 Å². The Balaban J connectivity index is 1.35. The van der Waals surface area contributed by atoms with Crippen molar-refractivity contribution in [1.82, 2.24) is 9.88 Å². The van der Waals surface area contributed by atoms with Crippen molar-refractivity contribution in [2.24, 2.45) is 0 Å². The standard InChI is InChI=1S/C24H30N2O3/c1-16-13-22(27-3)25-17(2)23(16)18-7-8-21-19(14-18)15-28-24(29-21)9-11-26(12-10-24)20-5-4-6-20/h7-8,13-14,20H,4-6,9-12,15H2,1-3H3. The number of ether oxygens (including phenoxy) is 3. The van der Waals surface area contributed by atoms with Crippen molar-refractivity contribution < 1.29 is 14.2 Å². The molecule has 1 saturated carbocycles. The smallest absolute Gasteiger partial charge is 0.213 e.